The van der Waals surface area contributed by atoms with E-state index in [2.05, 4.69) is 22.6 Å². The lowest BCUT2D eigenvalue weighted by Gasteiger charge is -2.24. The molecule has 0 aliphatic rings. The molecule has 128 valence electrons. The molecule has 7 heteroatoms. The number of hydrogen-bond acceptors (Lipinski definition) is 5. The summed E-state index contributed by atoms with van der Waals surface area (Å²) in [6, 6.07) is 3.42. The zero-order valence-electron chi connectivity index (χ0n) is 14.0. The van der Waals surface area contributed by atoms with Crippen molar-refractivity contribution in [3.63, 3.8) is 0 Å². The molecule has 1 rings (SSSR count). The van der Waals surface area contributed by atoms with Gasteiger partial charge in [0, 0.05) is 16.7 Å². The second-order valence-corrected chi connectivity index (χ2v) is 6.12. The Bertz CT molecular complexity index is 576. The number of benzene rings is 1. The molecule has 1 unspecified atom stereocenters. The zero-order chi connectivity index (χ0) is 17.6. The third kappa shape index (κ3) is 4.73. The minimum absolute atomic E-state index is 0.159. The van der Waals surface area contributed by atoms with E-state index in [0.29, 0.717) is 30.2 Å². The van der Waals surface area contributed by atoms with E-state index in [4.69, 9.17) is 14.2 Å². The predicted molar refractivity (Wildman–Crippen MR) is 95.0 cm³/mol. The highest BCUT2D eigenvalue weighted by atomic mass is 127. The first kappa shape index (κ1) is 19.5. The number of amides is 1. The van der Waals surface area contributed by atoms with Gasteiger partial charge in [0.1, 0.15) is 0 Å². The molecule has 1 atom stereocenters. The van der Waals surface area contributed by atoms with Crippen molar-refractivity contribution in [2.24, 2.45) is 5.92 Å². The topological polar surface area (TPSA) is 65.1 Å². The van der Waals surface area contributed by atoms with Gasteiger partial charge in [-0.15, -0.1) is 0 Å². The fraction of sp³-hybridized carbons (Fsp3) is 0.500. The number of halogens is 1. The van der Waals surface area contributed by atoms with Crippen LogP contribution in [0.1, 0.15) is 24.2 Å². The molecule has 1 aromatic carbocycles. The molecule has 0 radical (unpaired) electrons. The van der Waals surface area contributed by atoms with E-state index in [1.54, 1.807) is 31.1 Å². The molecule has 0 aromatic heterocycles. The smallest absolute Gasteiger partial charge is 0.310 e. The molecule has 0 N–H and O–H groups in total. The lowest BCUT2D eigenvalue weighted by Crippen LogP contribution is -2.37. The van der Waals surface area contributed by atoms with E-state index in [9.17, 15) is 9.59 Å². The Hall–Kier alpha value is -1.51. The largest absolute Gasteiger partial charge is 0.493 e. The van der Waals surface area contributed by atoms with E-state index in [1.165, 1.54) is 14.2 Å². The van der Waals surface area contributed by atoms with Gasteiger partial charge in [-0.25, -0.2) is 0 Å². The number of hydrogen-bond donors (Lipinski definition) is 0. The lowest BCUT2D eigenvalue weighted by atomic mass is 10.1. The monoisotopic (exact) mass is 435 g/mol. The molecule has 0 aliphatic carbocycles. The maximum absolute atomic E-state index is 12.8. The second kappa shape index (κ2) is 8.95. The first-order valence-electron chi connectivity index (χ1n) is 7.18. The fourth-order valence-corrected chi connectivity index (χ4v) is 2.82. The summed E-state index contributed by atoms with van der Waals surface area (Å²) in [6.07, 6.45) is 0. The molecule has 0 saturated heterocycles. The van der Waals surface area contributed by atoms with Gasteiger partial charge in [0.2, 0.25) is 0 Å². The number of carbonyl (C=O) groups excluding carboxylic acids is 2. The first-order chi connectivity index (χ1) is 10.9. The van der Waals surface area contributed by atoms with Crippen LogP contribution >= 0.6 is 22.6 Å². The van der Waals surface area contributed by atoms with Crippen molar-refractivity contribution >= 4 is 34.5 Å². The molecular formula is C16H22INO5. The molecule has 6 nitrogen and oxygen atoms in total. The summed E-state index contributed by atoms with van der Waals surface area (Å²) in [6.45, 7) is 4.40. The number of rotatable bonds is 7. The van der Waals surface area contributed by atoms with E-state index < -0.39 is 0 Å². The van der Waals surface area contributed by atoms with Crippen LogP contribution < -0.4 is 9.47 Å². The quantitative estimate of drug-likeness (QED) is 0.487. The zero-order valence-corrected chi connectivity index (χ0v) is 16.2. The molecule has 0 heterocycles. The Morgan fingerprint density at radius 2 is 1.74 bits per heavy atom. The van der Waals surface area contributed by atoms with E-state index in [-0.39, 0.29) is 17.8 Å². The minimum Gasteiger partial charge on any atom is -0.493 e. The Kier molecular flexibility index (Phi) is 7.60. The fourth-order valence-electron chi connectivity index (χ4n) is 2.15. The van der Waals surface area contributed by atoms with E-state index in [1.807, 2.05) is 6.92 Å². The Labute approximate surface area is 150 Å². The normalized spacial score (nSPS) is 11.6. The molecule has 1 amide bonds. The van der Waals surface area contributed by atoms with Crippen molar-refractivity contribution in [1.29, 1.82) is 0 Å². The van der Waals surface area contributed by atoms with Crippen molar-refractivity contribution in [3.8, 4) is 11.5 Å². The Balaban J connectivity index is 3.08. The average Bonchev–Trinajstić information content (AvgIpc) is 2.57. The third-order valence-corrected chi connectivity index (χ3v) is 4.36. The maximum atomic E-state index is 12.8. The number of nitrogens with zero attached hydrogens (tertiary/aromatic N) is 1. The van der Waals surface area contributed by atoms with Gasteiger partial charge in [-0.2, -0.15) is 0 Å². The first-order valence-corrected chi connectivity index (χ1v) is 8.26. The van der Waals surface area contributed by atoms with Gasteiger partial charge in [-0.3, -0.25) is 9.59 Å². The molecular weight excluding hydrogens is 413 g/mol. The summed E-state index contributed by atoms with van der Waals surface area (Å²) in [5, 5.41) is 0. The van der Waals surface area contributed by atoms with Crippen LogP contribution in [0.5, 0.6) is 11.5 Å². The van der Waals surface area contributed by atoms with Crippen LogP contribution in [0, 0.1) is 9.49 Å². The summed E-state index contributed by atoms with van der Waals surface area (Å²) in [5.41, 5.74) is 0.516. The van der Waals surface area contributed by atoms with Crippen molar-refractivity contribution in [3.05, 3.63) is 21.3 Å². The van der Waals surface area contributed by atoms with Gasteiger partial charge in [-0.05, 0) is 41.6 Å². The molecule has 0 fully saturated rings. The van der Waals surface area contributed by atoms with Crippen LogP contribution in [0.3, 0.4) is 0 Å². The van der Waals surface area contributed by atoms with Crippen LogP contribution in [0.4, 0.5) is 0 Å². The van der Waals surface area contributed by atoms with Crippen molar-refractivity contribution < 1.29 is 23.8 Å². The molecule has 0 spiro atoms. The summed E-state index contributed by atoms with van der Waals surface area (Å²) < 4.78 is 16.0. The van der Waals surface area contributed by atoms with Crippen LogP contribution in [-0.2, 0) is 9.53 Å². The van der Waals surface area contributed by atoms with Crippen LogP contribution in [0.15, 0.2) is 12.1 Å². The van der Waals surface area contributed by atoms with E-state index >= 15 is 0 Å². The van der Waals surface area contributed by atoms with Crippen molar-refractivity contribution in [1.82, 2.24) is 4.90 Å². The van der Waals surface area contributed by atoms with Gasteiger partial charge in [-0.1, -0.05) is 6.92 Å². The van der Waals surface area contributed by atoms with Crippen molar-refractivity contribution in [2.45, 2.75) is 13.8 Å². The average molecular weight is 435 g/mol. The predicted octanol–water partition coefficient (Wildman–Crippen LogP) is 2.58. The lowest BCUT2D eigenvalue weighted by molar-refractivity contribution is -0.145. The molecule has 1 aromatic rings. The highest BCUT2D eigenvalue weighted by molar-refractivity contribution is 14.1. The number of ether oxygens (including phenoxy) is 3. The third-order valence-electron chi connectivity index (χ3n) is 3.47. The number of methoxy groups -OCH3 is 3. The van der Waals surface area contributed by atoms with Gasteiger partial charge < -0.3 is 19.1 Å². The number of esters is 1. The Morgan fingerprint density at radius 3 is 2.22 bits per heavy atom. The van der Waals surface area contributed by atoms with Gasteiger partial charge in [0.05, 0.1) is 32.8 Å². The van der Waals surface area contributed by atoms with Gasteiger partial charge >= 0.3 is 5.97 Å². The molecule has 0 bridgehead atoms. The van der Waals surface area contributed by atoms with Crippen LogP contribution in [-0.4, -0.2) is 51.2 Å². The second-order valence-electron chi connectivity index (χ2n) is 4.96. The Morgan fingerprint density at radius 1 is 1.17 bits per heavy atom. The van der Waals surface area contributed by atoms with Gasteiger partial charge in [0.25, 0.3) is 5.91 Å². The highest BCUT2D eigenvalue weighted by Gasteiger charge is 2.24. The highest BCUT2D eigenvalue weighted by Crippen LogP contribution is 2.32. The van der Waals surface area contributed by atoms with Crippen molar-refractivity contribution in [2.75, 3.05) is 34.4 Å². The summed E-state index contributed by atoms with van der Waals surface area (Å²) >= 11 is 2.09. The minimum atomic E-state index is -0.387. The van der Waals surface area contributed by atoms with E-state index in [0.717, 1.165) is 3.57 Å². The SMILES string of the molecule is CCN(CC(C)C(=O)OC)C(=O)c1cc(OC)c(OC)cc1I. The van der Waals surface area contributed by atoms with Crippen LogP contribution in [0.2, 0.25) is 0 Å². The number of carbonyl (C=O) groups is 2. The molecule has 0 aliphatic heterocycles. The van der Waals surface area contributed by atoms with Crippen LogP contribution in [0.25, 0.3) is 0 Å². The summed E-state index contributed by atoms with van der Waals surface area (Å²) in [4.78, 5) is 26.0. The molecule has 0 saturated carbocycles. The van der Waals surface area contributed by atoms with Gasteiger partial charge in [0.15, 0.2) is 11.5 Å². The summed E-state index contributed by atoms with van der Waals surface area (Å²) in [5.74, 6) is 0.182. The summed E-state index contributed by atoms with van der Waals surface area (Å²) in [7, 11) is 4.41. The molecule has 23 heavy (non-hydrogen) atoms. The standard InChI is InChI=1S/C16H22INO5/c1-6-18(9-10(2)16(20)23-5)15(19)11-7-13(21-3)14(22-4)8-12(11)17/h7-8,10H,6,9H2,1-5H3. The maximum Gasteiger partial charge on any atom is 0.310 e.